The molecule has 0 unspecified atom stereocenters. The molecule has 1 heterocycles. The van der Waals surface area contributed by atoms with Gasteiger partial charge >= 0.3 is 0 Å². The van der Waals surface area contributed by atoms with Crippen molar-refractivity contribution in [2.75, 3.05) is 11.1 Å². The van der Waals surface area contributed by atoms with Crippen molar-refractivity contribution in [3.63, 3.8) is 0 Å². The summed E-state index contributed by atoms with van der Waals surface area (Å²) in [5.74, 6) is 1.91. The van der Waals surface area contributed by atoms with Crippen LogP contribution in [0.3, 0.4) is 0 Å². The second-order valence-electron chi connectivity index (χ2n) is 12.4. The van der Waals surface area contributed by atoms with Crippen LogP contribution in [0.5, 0.6) is 0 Å². The Morgan fingerprint density at radius 3 is 2.14 bits per heavy atom. The normalized spacial score (nSPS) is 15.0. The first-order valence-electron chi connectivity index (χ1n) is 16.7. The highest BCUT2D eigenvalue weighted by atomic mass is 16.1. The van der Waals surface area contributed by atoms with Crippen LogP contribution in [-0.2, 0) is 22.4 Å². The van der Waals surface area contributed by atoms with Gasteiger partial charge in [-0.3, -0.25) is 9.59 Å². The third-order valence-corrected chi connectivity index (χ3v) is 6.84. The standard InChI is InChI=1S/C18H25N5O.C9H14.C4H7NO.C3H8.C2H6/c1-5-13-11-20-17(22-16(13)19)21-14-8-6-7-12(9-14)10-15(24)23-18(2,3)4;1-3-8-5-2-6-9(4-1)7-8;6-3-5-4-1-2-4;1-3-2;1-2/h6-9,11H,5,10H2,1-4H3,(H,23,24)(H3,19,20,21,22);7-8H,1-6H2;3-4H,1-2H2,(H,5,6);3H2,1-2H3;1-2H3. The summed E-state index contributed by atoms with van der Waals surface area (Å²) in [5.41, 5.74) is 10.1. The minimum atomic E-state index is -0.237. The van der Waals surface area contributed by atoms with Crippen LogP contribution in [0.1, 0.15) is 124 Å². The maximum Gasteiger partial charge on any atom is 0.229 e. The van der Waals surface area contributed by atoms with Gasteiger partial charge in [0, 0.05) is 29.0 Å². The van der Waals surface area contributed by atoms with Crippen molar-refractivity contribution >= 4 is 29.8 Å². The number of nitrogen functional groups attached to an aromatic ring is 1. The molecule has 1 aromatic heterocycles. The molecule has 5 rings (SSSR count). The second-order valence-corrected chi connectivity index (χ2v) is 12.4. The second kappa shape index (κ2) is 21.3. The van der Waals surface area contributed by atoms with Gasteiger partial charge in [-0.1, -0.05) is 64.8 Å². The number of aromatic nitrogens is 2. The van der Waals surface area contributed by atoms with Crippen LogP contribution in [0.4, 0.5) is 17.5 Å². The fourth-order valence-corrected chi connectivity index (χ4v) is 4.75. The molecule has 5 N–H and O–H groups in total. The van der Waals surface area contributed by atoms with Crippen LogP contribution < -0.4 is 21.7 Å². The Balaban J connectivity index is 0.000000389. The van der Waals surface area contributed by atoms with Crippen LogP contribution in [-0.4, -0.2) is 33.9 Å². The molecular formula is C36H60N6O2. The number of fused-ring (bicyclic) bond motifs is 1. The number of rotatable bonds is 7. The van der Waals surface area contributed by atoms with Gasteiger partial charge in [-0.25, -0.2) is 4.98 Å². The number of hydrogen-bond donors (Lipinski definition) is 4. The van der Waals surface area contributed by atoms with Crippen molar-refractivity contribution < 1.29 is 9.59 Å². The summed E-state index contributed by atoms with van der Waals surface area (Å²) in [7, 11) is 0. The molecule has 0 saturated heterocycles. The van der Waals surface area contributed by atoms with Gasteiger partial charge < -0.3 is 21.7 Å². The van der Waals surface area contributed by atoms with E-state index >= 15 is 0 Å². The minimum Gasteiger partial charge on any atom is -0.383 e. The molecule has 0 spiro atoms. The molecule has 2 amide bonds. The topological polar surface area (TPSA) is 122 Å². The number of carbonyl (C=O) groups is 2. The molecule has 8 heteroatoms. The van der Waals surface area contributed by atoms with Crippen LogP contribution in [0, 0.1) is 5.92 Å². The Bertz CT molecular complexity index is 1130. The lowest BCUT2D eigenvalue weighted by Gasteiger charge is -2.25. The first kappa shape index (κ1) is 38.6. The number of nitrogens with zero attached hydrogens (tertiary/aromatic N) is 2. The summed E-state index contributed by atoms with van der Waals surface area (Å²) >= 11 is 0. The first-order chi connectivity index (χ1) is 21.1. The number of carbonyl (C=O) groups excluding carboxylic acids is 2. The minimum absolute atomic E-state index is 0.00700. The van der Waals surface area contributed by atoms with Crippen molar-refractivity contribution in [3.8, 4) is 0 Å². The number of amides is 2. The van der Waals surface area contributed by atoms with Gasteiger partial charge in [0.25, 0.3) is 0 Å². The molecule has 3 aliphatic rings. The number of anilines is 3. The molecule has 2 aromatic rings. The van der Waals surface area contributed by atoms with Crippen LogP contribution in [0.25, 0.3) is 0 Å². The maximum atomic E-state index is 12.0. The smallest absolute Gasteiger partial charge is 0.229 e. The van der Waals surface area contributed by atoms with E-state index in [0.717, 1.165) is 35.6 Å². The zero-order chi connectivity index (χ0) is 33.0. The number of benzene rings is 1. The van der Waals surface area contributed by atoms with E-state index in [2.05, 4.69) is 45.8 Å². The summed E-state index contributed by atoms with van der Waals surface area (Å²) in [4.78, 5) is 30.1. The van der Waals surface area contributed by atoms with E-state index in [0.29, 0.717) is 24.2 Å². The van der Waals surface area contributed by atoms with Crippen molar-refractivity contribution in [1.29, 1.82) is 0 Å². The van der Waals surface area contributed by atoms with Crippen LogP contribution in [0.15, 0.2) is 42.1 Å². The molecule has 0 aliphatic heterocycles. The quantitative estimate of drug-likeness (QED) is 0.186. The van der Waals surface area contributed by atoms with Crippen molar-refractivity contribution in [2.45, 2.75) is 138 Å². The lowest BCUT2D eigenvalue weighted by Crippen LogP contribution is -2.41. The third kappa shape index (κ3) is 17.0. The molecule has 3 aliphatic carbocycles. The Kier molecular flexibility index (Phi) is 18.7. The predicted molar refractivity (Wildman–Crippen MR) is 186 cm³/mol. The van der Waals surface area contributed by atoms with E-state index in [1.54, 1.807) is 11.8 Å². The molecule has 1 aromatic carbocycles. The van der Waals surface area contributed by atoms with E-state index in [-0.39, 0.29) is 11.4 Å². The molecular weight excluding hydrogens is 548 g/mol. The van der Waals surface area contributed by atoms with Crippen LogP contribution >= 0.6 is 0 Å². The van der Waals surface area contributed by atoms with Gasteiger partial charge in [0.15, 0.2) is 0 Å². The third-order valence-electron chi connectivity index (χ3n) is 6.84. The highest BCUT2D eigenvalue weighted by Gasteiger charge is 2.19. The molecule has 8 nitrogen and oxygen atoms in total. The van der Waals surface area contributed by atoms with Gasteiger partial charge in [0.05, 0.1) is 6.42 Å². The number of hydrogen-bond acceptors (Lipinski definition) is 6. The zero-order valence-electron chi connectivity index (χ0n) is 28.8. The highest BCUT2D eigenvalue weighted by molar-refractivity contribution is 5.79. The van der Waals surface area contributed by atoms with Crippen molar-refractivity contribution in [2.24, 2.45) is 5.92 Å². The van der Waals surface area contributed by atoms with Gasteiger partial charge in [-0.2, -0.15) is 4.98 Å². The van der Waals surface area contributed by atoms with E-state index in [1.165, 1.54) is 57.8 Å². The number of allylic oxidation sites excluding steroid dienone is 2. The Hall–Kier alpha value is -3.42. The molecule has 1 saturated carbocycles. The molecule has 0 atom stereocenters. The van der Waals surface area contributed by atoms with Crippen LogP contribution in [0.2, 0.25) is 0 Å². The zero-order valence-corrected chi connectivity index (χ0v) is 28.8. The summed E-state index contributed by atoms with van der Waals surface area (Å²) in [6.45, 7) is 16.1. The van der Waals surface area contributed by atoms with Gasteiger partial charge in [-0.15, -0.1) is 0 Å². The molecule has 2 bridgehead atoms. The fourth-order valence-electron chi connectivity index (χ4n) is 4.75. The van der Waals surface area contributed by atoms with Crippen molar-refractivity contribution in [1.82, 2.24) is 20.6 Å². The van der Waals surface area contributed by atoms with E-state index in [9.17, 15) is 9.59 Å². The summed E-state index contributed by atoms with van der Waals surface area (Å²) in [5, 5.41) is 8.72. The summed E-state index contributed by atoms with van der Waals surface area (Å²) < 4.78 is 0. The van der Waals surface area contributed by atoms with E-state index in [1.807, 2.05) is 65.8 Å². The molecule has 44 heavy (non-hydrogen) atoms. The van der Waals surface area contributed by atoms with Gasteiger partial charge in [0.2, 0.25) is 18.3 Å². The molecule has 246 valence electrons. The lowest BCUT2D eigenvalue weighted by molar-refractivity contribution is -0.121. The van der Waals surface area contributed by atoms with Crippen molar-refractivity contribution in [3.05, 3.63) is 53.2 Å². The monoisotopic (exact) mass is 608 g/mol. The lowest BCUT2D eigenvalue weighted by atomic mass is 9.81. The van der Waals surface area contributed by atoms with Gasteiger partial charge in [-0.05, 0) is 102 Å². The summed E-state index contributed by atoms with van der Waals surface area (Å²) in [6.07, 6.45) is 18.5. The Labute approximate surface area is 267 Å². The first-order valence-corrected chi connectivity index (χ1v) is 16.7. The van der Waals surface area contributed by atoms with E-state index in [4.69, 9.17) is 5.73 Å². The number of nitrogens with two attached hydrogens (primary N) is 1. The predicted octanol–water partition coefficient (Wildman–Crippen LogP) is 8.06. The maximum absolute atomic E-state index is 12.0. The number of aryl methyl sites for hydroxylation is 1. The fraction of sp³-hybridized carbons (Fsp3) is 0.611. The Morgan fingerprint density at radius 2 is 1.68 bits per heavy atom. The van der Waals surface area contributed by atoms with E-state index < -0.39 is 0 Å². The van der Waals surface area contributed by atoms with Gasteiger partial charge in [0.1, 0.15) is 5.82 Å². The Morgan fingerprint density at radius 1 is 1.05 bits per heavy atom. The largest absolute Gasteiger partial charge is 0.383 e. The average molecular weight is 609 g/mol. The summed E-state index contributed by atoms with van der Waals surface area (Å²) in [6, 6.07) is 8.16. The molecule has 0 radical (unpaired) electrons. The highest BCUT2D eigenvalue weighted by Crippen LogP contribution is 2.33. The molecule has 1 fully saturated rings. The average Bonchev–Trinajstić information content (AvgIpc) is 3.79. The SMILES string of the molecule is C1=C2CCCC1CCC2.CC.CCC.CCc1cnc(Nc2cccc(CC(=O)NC(C)(C)C)c2)nc1N.O=CNC1CC1. The number of nitrogens with one attached hydrogen (secondary N) is 3.